The van der Waals surface area contributed by atoms with Crippen LogP contribution in [0.4, 0.5) is 0 Å². The third kappa shape index (κ3) is 7.58. The predicted octanol–water partition coefficient (Wildman–Crippen LogP) is 2.13. The van der Waals surface area contributed by atoms with Gasteiger partial charge in [-0.3, -0.25) is 0 Å². The molecule has 1 rings (SSSR count). The predicted molar refractivity (Wildman–Crippen MR) is 73.3 cm³/mol. The van der Waals surface area contributed by atoms with Crippen molar-refractivity contribution in [2.75, 3.05) is 6.54 Å². The molecule has 5 heteroatoms. The van der Waals surface area contributed by atoms with Crippen molar-refractivity contribution in [3.05, 3.63) is 35.4 Å². The van der Waals surface area contributed by atoms with E-state index in [1.54, 1.807) is 6.07 Å². The Labute approximate surface area is 112 Å². The summed E-state index contributed by atoms with van der Waals surface area (Å²) in [6, 6.07) is 7.45. The van der Waals surface area contributed by atoms with E-state index in [-0.39, 0.29) is 11.3 Å². The van der Waals surface area contributed by atoms with Gasteiger partial charge in [0.1, 0.15) is 17.4 Å². The summed E-state index contributed by atoms with van der Waals surface area (Å²) < 4.78 is 0. The Kier molecular flexibility index (Phi) is 8.50. The fourth-order valence-electron chi connectivity index (χ4n) is 1.08. The van der Waals surface area contributed by atoms with Crippen molar-refractivity contribution < 1.29 is 15.0 Å². The molecule has 0 spiro atoms. The number of rotatable bonds is 4. The first-order chi connectivity index (χ1) is 9.04. The molecule has 0 saturated carbocycles. The Balaban J connectivity index is 0.000000555. The van der Waals surface area contributed by atoms with E-state index in [0.29, 0.717) is 5.56 Å². The van der Waals surface area contributed by atoms with Gasteiger partial charge in [-0.05, 0) is 36.7 Å². The average molecular weight is 262 g/mol. The summed E-state index contributed by atoms with van der Waals surface area (Å²) in [7, 11) is 0. The maximum atomic E-state index is 10.5. The van der Waals surface area contributed by atoms with Crippen LogP contribution in [0.5, 0.6) is 5.75 Å². The summed E-state index contributed by atoms with van der Waals surface area (Å²) in [4.78, 5) is 10.5. The summed E-state index contributed by atoms with van der Waals surface area (Å²) in [5.74, 6) is -1.17. The van der Waals surface area contributed by atoms with Crippen LogP contribution in [0.25, 0.3) is 6.08 Å². The lowest BCUT2D eigenvalue weighted by Crippen LogP contribution is -1.97. The lowest BCUT2D eigenvalue weighted by Gasteiger charge is -1.94. The van der Waals surface area contributed by atoms with E-state index in [2.05, 4.69) is 6.92 Å². The van der Waals surface area contributed by atoms with Crippen molar-refractivity contribution >= 4 is 12.0 Å². The number of carboxylic acid groups (broad SMARTS) is 1. The standard InChI is InChI=1S/C10H7NO3.C4H11N/c11-6-8(10(13)14)5-7-1-3-9(12)4-2-7;1-2-3-4-5/h1-5,12H,(H,13,14);2-5H2,1H3. The van der Waals surface area contributed by atoms with E-state index < -0.39 is 5.97 Å². The first-order valence-electron chi connectivity index (χ1n) is 5.89. The van der Waals surface area contributed by atoms with Crippen LogP contribution in [0.15, 0.2) is 29.8 Å². The minimum Gasteiger partial charge on any atom is -0.508 e. The summed E-state index contributed by atoms with van der Waals surface area (Å²) >= 11 is 0. The van der Waals surface area contributed by atoms with Gasteiger partial charge in [0, 0.05) is 0 Å². The third-order valence-electron chi connectivity index (χ3n) is 2.11. The Bertz CT molecular complexity index is 457. The number of aromatic hydroxyl groups is 1. The van der Waals surface area contributed by atoms with Gasteiger partial charge in [0.2, 0.25) is 0 Å². The molecule has 19 heavy (non-hydrogen) atoms. The minimum atomic E-state index is -1.26. The molecule has 0 aromatic heterocycles. The van der Waals surface area contributed by atoms with Crippen molar-refractivity contribution in [3.8, 4) is 11.8 Å². The molecular weight excluding hydrogens is 244 g/mol. The molecule has 0 unspecified atom stereocenters. The number of nitriles is 1. The van der Waals surface area contributed by atoms with Gasteiger partial charge in [-0.25, -0.2) is 4.79 Å². The van der Waals surface area contributed by atoms with Crippen LogP contribution in [-0.4, -0.2) is 22.7 Å². The highest BCUT2D eigenvalue weighted by atomic mass is 16.4. The van der Waals surface area contributed by atoms with Gasteiger partial charge in [-0.1, -0.05) is 25.5 Å². The van der Waals surface area contributed by atoms with E-state index in [4.69, 9.17) is 21.2 Å². The Morgan fingerprint density at radius 1 is 1.42 bits per heavy atom. The molecule has 0 aliphatic rings. The van der Waals surface area contributed by atoms with Crippen LogP contribution < -0.4 is 5.73 Å². The highest BCUT2D eigenvalue weighted by molar-refractivity contribution is 5.96. The number of phenols is 1. The molecule has 5 nitrogen and oxygen atoms in total. The van der Waals surface area contributed by atoms with Crippen molar-refractivity contribution in [1.29, 1.82) is 5.26 Å². The number of nitrogens with two attached hydrogens (primary N) is 1. The van der Waals surface area contributed by atoms with E-state index in [0.717, 1.165) is 6.54 Å². The van der Waals surface area contributed by atoms with Crippen LogP contribution in [-0.2, 0) is 4.79 Å². The SMILES string of the molecule is CCCCN.N#CC(=Cc1ccc(O)cc1)C(=O)O. The molecule has 0 amide bonds. The Hall–Kier alpha value is -2.32. The molecule has 102 valence electrons. The molecular formula is C14H18N2O3. The molecule has 0 atom stereocenters. The Morgan fingerprint density at radius 2 is 2.00 bits per heavy atom. The molecule has 0 aliphatic heterocycles. The molecule has 0 fully saturated rings. The number of carboxylic acids is 1. The van der Waals surface area contributed by atoms with Gasteiger partial charge in [-0.15, -0.1) is 0 Å². The first-order valence-corrected chi connectivity index (χ1v) is 5.89. The van der Waals surface area contributed by atoms with Crippen molar-refractivity contribution in [2.24, 2.45) is 5.73 Å². The number of hydrogen-bond donors (Lipinski definition) is 3. The van der Waals surface area contributed by atoms with Crippen LogP contribution >= 0.6 is 0 Å². The monoisotopic (exact) mass is 262 g/mol. The number of benzene rings is 1. The van der Waals surface area contributed by atoms with E-state index in [1.807, 2.05) is 0 Å². The maximum Gasteiger partial charge on any atom is 0.346 e. The highest BCUT2D eigenvalue weighted by Crippen LogP contribution is 2.12. The minimum absolute atomic E-state index is 0.0935. The third-order valence-corrected chi connectivity index (χ3v) is 2.11. The van der Waals surface area contributed by atoms with Gasteiger partial charge < -0.3 is 15.9 Å². The number of hydrogen-bond acceptors (Lipinski definition) is 4. The fourth-order valence-corrected chi connectivity index (χ4v) is 1.08. The van der Waals surface area contributed by atoms with Gasteiger partial charge >= 0.3 is 5.97 Å². The van der Waals surface area contributed by atoms with Gasteiger partial charge in [0.15, 0.2) is 0 Å². The van der Waals surface area contributed by atoms with Crippen molar-refractivity contribution in [3.63, 3.8) is 0 Å². The number of phenolic OH excluding ortho intramolecular Hbond substituents is 1. The zero-order chi connectivity index (χ0) is 14.7. The molecule has 1 aromatic rings. The first kappa shape index (κ1) is 16.7. The van der Waals surface area contributed by atoms with Gasteiger partial charge in [-0.2, -0.15) is 5.26 Å². The van der Waals surface area contributed by atoms with E-state index >= 15 is 0 Å². The number of carbonyl (C=O) groups is 1. The lowest BCUT2D eigenvalue weighted by atomic mass is 10.1. The largest absolute Gasteiger partial charge is 0.508 e. The maximum absolute atomic E-state index is 10.5. The van der Waals surface area contributed by atoms with Gasteiger partial charge in [0.05, 0.1) is 0 Å². The lowest BCUT2D eigenvalue weighted by molar-refractivity contribution is -0.132. The quantitative estimate of drug-likeness (QED) is 0.569. The van der Waals surface area contributed by atoms with Crippen LogP contribution in [0.2, 0.25) is 0 Å². The molecule has 0 radical (unpaired) electrons. The Morgan fingerprint density at radius 3 is 2.32 bits per heavy atom. The van der Waals surface area contributed by atoms with E-state index in [1.165, 1.54) is 43.2 Å². The second kappa shape index (κ2) is 9.68. The summed E-state index contributed by atoms with van der Waals surface area (Å²) in [5.41, 5.74) is 5.36. The average Bonchev–Trinajstić information content (AvgIpc) is 2.39. The van der Waals surface area contributed by atoms with Gasteiger partial charge in [0.25, 0.3) is 0 Å². The second-order valence-corrected chi connectivity index (χ2v) is 3.71. The second-order valence-electron chi connectivity index (χ2n) is 3.71. The zero-order valence-corrected chi connectivity index (χ0v) is 10.8. The van der Waals surface area contributed by atoms with Crippen LogP contribution in [0.1, 0.15) is 25.3 Å². The zero-order valence-electron chi connectivity index (χ0n) is 10.8. The number of aliphatic carboxylic acids is 1. The fraction of sp³-hybridized carbons (Fsp3) is 0.286. The summed E-state index contributed by atoms with van der Waals surface area (Å²) in [6.07, 6.45) is 3.62. The summed E-state index contributed by atoms with van der Waals surface area (Å²) in [6.45, 7) is 2.98. The van der Waals surface area contributed by atoms with Crippen molar-refractivity contribution in [1.82, 2.24) is 0 Å². The summed E-state index contributed by atoms with van der Waals surface area (Å²) in [5, 5.41) is 26.0. The number of nitrogens with zero attached hydrogens (tertiary/aromatic N) is 1. The molecule has 4 N–H and O–H groups in total. The normalized spacial score (nSPS) is 10.1. The smallest absolute Gasteiger partial charge is 0.346 e. The molecule has 0 saturated heterocycles. The molecule has 1 aromatic carbocycles. The van der Waals surface area contributed by atoms with Crippen molar-refractivity contribution in [2.45, 2.75) is 19.8 Å². The molecule has 0 bridgehead atoms. The van der Waals surface area contributed by atoms with E-state index in [9.17, 15) is 4.79 Å². The molecule has 0 heterocycles. The molecule has 0 aliphatic carbocycles. The van der Waals surface area contributed by atoms with Crippen LogP contribution in [0.3, 0.4) is 0 Å². The highest BCUT2D eigenvalue weighted by Gasteiger charge is 2.04. The number of unbranched alkanes of at least 4 members (excludes halogenated alkanes) is 1. The topological polar surface area (TPSA) is 107 Å². The van der Waals surface area contributed by atoms with Crippen LogP contribution in [0, 0.1) is 11.3 Å².